The van der Waals surface area contributed by atoms with Crippen LogP contribution in [-0.2, 0) is 4.74 Å². The Morgan fingerprint density at radius 2 is 2.50 bits per heavy atom. The second-order valence-corrected chi connectivity index (χ2v) is 4.49. The van der Waals surface area contributed by atoms with E-state index in [-0.39, 0.29) is 0 Å². The van der Waals surface area contributed by atoms with E-state index in [0.717, 1.165) is 5.92 Å². The Labute approximate surface area is 73.8 Å². The molecule has 1 spiro atoms. The van der Waals surface area contributed by atoms with Gasteiger partial charge in [-0.15, -0.1) is 0 Å². The largest absolute Gasteiger partial charge is 0.479 e. The summed E-state index contributed by atoms with van der Waals surface area (Å²) in [5.74, 6) is 2.35. The highest BCUT2D eigenvalue weighted by Gasteiger charge is 2.64. The smallest absolute Gasteiger partial charge is 0.166 e. The minimum atomic E-state index is 0.327. The van der Waals surface area contributed by atoms with Crippen molar-refractivity contribution in [1.29, 1.82) is 0 Å². The van der Waals surface area contributed by atoms with Crippen molar-refractivity contribution in [2.75, 3.05) is 0 Å². The zero-order valence-corrected chi connectivity index (χ0v) is 7.73. The van der Waals surface area contributed by atoms with Crippen LogP contribution < -0.4 is 0 Å². The molecule has 1 heteroatoms. The molecule has 1 heterocycles. The number of hydrogen-bond donors (Lipinski definition) is 0. The second kappa shape index (κ2) is 2.07. The topological polar surface area (TPSA) is 12.5 Å². The van der Waals surface area contributed by atoms with Gasteiger partial charge in [-0.3, -0.25) is 0 Å². The van der Waals surface area contributed by atoms with Crippen LogP contribution in [0.2, 0.25) is 0 Å². The first kappa shape index (κ1) is 6.99. The van der Waals surface area contributed by atoms with Gasteiger partial charge in [-0.25, -0.2) is 0 Å². The first-order chi connectivity index (χ1) is 5.86. The van der Waals surface area contributed by atoms with Crippen molar-refractivity contribution in [2.24, 2.45) is 5.92 Å². The average molecular weight is 164 g/mol. The molecule has 0 aromatic carbocycles. The summed E-state index contributed by atoms with van der Waals surface area (Å²) in [4.78, 5) is 0. The molecule has 0 aromatic rings. The fraction of sp³-hybridized carbons (Fsp3) is 0.818. The Morgan fingerprint density at radius 3 is 3.17 bits per heavy atom. The lowest BCUT2D eigenvalue weighted by Crippen LogP contribution is -1.98. The van der Waals surface area contributed by atoms with Crippen molar-refractivity contribution >= 4 is 0 Å². The second-order valence-electron chi connectivity index (χ2n) is 4.49. The van der Waals surface area contributed by atoms with Crippen molar-refractivity contribution < 1.29 is 4.74 Å². The van der Waals surface area contributed by atoms with Gasteiger partial charge in [0.05, 0.1) is 0 Å². The molecule has 66 valence electrons. The molecule has 2 atom stereocenters. The zero-order chi connectivity index (χ0) is 8.18. The van der Waals surface area contributed by atoms with E-state index in [2.05, 4.69) is 6.92 Å². The van der Waals surface area contributed by atoms with Crippen molar-refractivity contribution in [3.63, 3.8) is 0 Å². The summed E-state index contributed by atoms with van der Waals surface area (Å²) in [6, 6.07) is 0. The zero-order valence-electron chi connectivity index (χ0n) is 7.73. The summed E-state index contributed by atoms with van der Waals surface area (Å²) in [6.45, 7) is 2.27. The lowest BCUT2D eigenvalue weighted by Gasteiger charge is -2.10. The van der Waals surface area contributed by atoms with Crippen LogP contribution in [0.1, 0.15) is 45.4 Å². The van der Waals surface area contributed by atoms with E-state index in [4.69, 9.17) is 4.74 Å². The van der Waals surface area contributed by atoms with Crippen molar-refractivity contribution in [1.82, 2.24) is 0 Å². The number of rotatable bonds is 3. The third kappa shape index (κ3) is 0.699. The number of unbranched alkanes of at least 4 members (excludes halogenated alkanes) is 1. The number of allylic oxidation sites excluding steroid dienone is 1. The average Bonchev–Trinajstić information content (AvgIpc) is 2.51. The van der Waals surface area contributed by atoms with Gasteiger partial charge in [0.25, 0.3) is 0 Å². The SMILES string of the molecule is CCCCC1=C2OC23CCC1C3. The monoisotopic (exact) mass is 164 g/mol. The molecule has 0 aromatic heterocycles. The quantitative estimate of drug-likeness (QED) is 0.584. The first-order valence-corrected chi connectivity index (χ1v) is 5.28. The molecule has 2 fully saturated rings. The third-order valence-corrected chi connectivity index (χ3v) is 3.73. The summed E-state index contributed by atoms with van der Waals surface area (Å²) in [6.07, 6.45) is 8.05. The maximum absolute atomic E-state index is 5.72. The van der Waals surface area contributed by atoms with Crippen LogP contribution in [0, 0.1) is 5.92 Å². The normalized spacial score (nSPS) is 41.6. The van der Waals surface area contributed by atoms with E-state index in [0.29, 0.717) is 5.60 Å². The number of fused-ring (bicyclic) bond motifs is 1. The molecule has 3 aliphatic rings. The maximum atomic E-state index is 5.72. The predicted octanol–water partition coefficient (Wildman–Crippen LogP) is 3.01. The Hall–Kier alpha value is -0.460. The van der Waals surface area contributed by atoms with Gasteiger partial charge in [0.15, 0.2) is 5.60 Å². The van der Waals surface area contributed by atoms with Gasteiger partial charge in [0.2, 0.25) is 0 Å². The van der Waals surface area contributed by atoms with E-state index in [9.17, 15) is 0 Å². The summed E-state index contributed by atoms with van der Waals surface area (Å²) >= 11 is 0. The lowest BCUT2D eigenvalue weighted by molar-refractivity contribution is 0.302. The highest BCUT2D eigenvalue weighted by atomic mass is 16.6. The fourth-order valence-corrected chi connectivity index (χ4v) is 3.00. The van der Waals surface area contributed by atoms with Gasteiger partial charge < -0.3 is 4.74 Å². The molecule has 0 N–H and O–H groups in total. The van der Waals surface area contributed by atoms with Gasteiger partial charge in [0, 0.05) is 6.42 Å². The Kier molecular flexibility index (Phi) is 1.20. The van der Waals surface area contributed by atoms with Crippen LogP contribution in [-0.4, -0.2) is 5.60 Å². The highest BCUT2D eigenvalue weighted by molar-refractivity contribution is 5.42. The standard InChI is InChI=1S/C11H16O/c1-2-3-4-9-8-5-6-11(7-8)10(9)12-11/h8H,2-7H2,1H3. The molecule has 1 saturated carbocycles. The summed E-state index contributed by atoms with van der Waals surface area (Å²) in [5.41, 5.74) is 2.02. The molecule has 3 rings (SSSR count). The van der Waals surface area contributed by atoms with Crippen LogP contribution in [0.25, 0.3) is 0 Å². The van der Waals surface area contributed by atoms with Crippen LogP contribution in [0.15, 0.2) is 11.3 Å². The van der Waals surface area contributed by atoms with Gasteiger partial charge in [0.1, 0.15) is 5.76 Å². The Balaban J connectivity index is 1.79. The maximum Gasteiger partial charge on any atom is 0.166 e. The third-order valence-electron chi connectivity index (χ3n) is 3.73. The summed E-state index contributed by atoms with van der Waals surface area (Å²) in [5, 5.41) is 0. The summed E-state index contributed by atoms with van der Waals surface area (Å²) in [7, 11) is 0. The molecular formula is C11H16O. The van der Waals surface area contributed by atoms with Crippen molar-refractivity contribution in [3.05, 3.63) is 11.3 Å². The summed E-state index contributed by atoms with van der Waals surface area (Å²) < 4.78 is 5.72. The van der Waals surface area contributed by atoms with Crippen LogP contribution in [0.3, 0.4) is 0 Å². The molecule has 0 amide bonds. The van der Waals surface area contributed by atoms with Gasteiger partial charge in [-0.05, 0) is 37.2 Å². The van der Waals surface area contributed by atoms with Gasteiger partial charge in [-0.1, -0.05) is 13.3 Å². The molecule has 2 aliphatic carbocycles. The molecule has 2 unspecified atom stereocenters. The van der Waals surface area contributed by atoms with Gasteiger partial charge in [-0.2, -0.15) is 0 Å². The van der Waals surface area contributed by atoms with E-state index in [1.54, 1.807) is 5.57 Å². The molecular weight excluding hydrogens is 148 g/mol. The van der Waals surface area contributed by atoms with E-state index in [1.165, 1.54) is 44.3 Å². The molecule has 0 radical (unpaired) electrons. The number of ether oxygens (including phenoxy) is 1. The molecule has 1 nitrogen and oxygen atoms in total. The molecule has 2 bridgehead atoms. The van der Waals surface area contributed by atoms with Crippen LogP contribution >= 0.6 is 0 Å². The van der Waals surface area contributed by atoms with Gasteiger partial charge >= 0.3 is 0 Å². The van der Waals surface area contributed by atoms with E-state index < -0.39 is 0 Å². The van der Waals surface area contributed by atoms with Crippen molar-refractivity contribution in [3.8, 4) is 0 Å². The van der Waals surface area contributed by atoms with E-state index in [1.807, 2.05) is 0 Å². The molecule has 1 aliphatic heterocycles. The molecule has 1 saturated heterocycles. The number of epoxide rings is 1. The van der Waals surface area contributed by atoms with Crippen LogP contribution in [0.4, 0.5) is 0 Å². The first-order valence-electron chi connectivity index (χ1n) is 5.28. The van der Waals surface area contributed by atoms with Crippen LogP contribution in [0.5, 0.6) is 0 Å². The Morgan fingerprint density at radius 1 is 1.58 bits per heavy atom. The van der Waals surface area contributed by atoms with Crippen molar-refractivity contribution in [2.45, 2.75) is 51.0 Å². The number of hydrogen-bond acceptors (Lipinski definition) is 1. The lowest BCUT2D eigenvalue weighted by atomic mass is 9.94. The predicted molar refractivity (Wildman–Crippen MR) is 47.7 cm³/mol. The van der Waals surface area contributed by atoms with E-state index >= 15 is 0 Å². The fourth-order valence-electron chi connectivity index (χ4n) is 3.00. The Bertz CT molecular complexity index is 254. The minimum absolute atomic E-state index is 0.327. The highest BCUT2D eigenvalue weighted by Crippen LogP contribution is 2.65. The molecule has 12 heavy (non-hydrogen) atoms. The minimum Gasteiger partial charge on any atom is -0.479 e.